The fourth-order valence-electron chi connectivity index (χ4n) is 3.37. The molecular weight excluding hydrogens is 352 g/mol. The van der Waals surface area contributed by atoms with Crippen molar-refractivity contribution in [1.82, 2.24) is 10.2 Å². The fraction of sp³-hybridized carbons (Fsp3) is 0.391. The predicted octanol–water partition coefficient (Wildman–Crippen LogP) is 3.29. The maximum absolute atomic E-state index is 12.4. The van der Waals surface area contributed by atoms with E-state index in [4.69, 9.17) is 4.74 Å². The SMILES string of the molecule is O=C(COc1ccc(C(=O)c2ccccc2)cc1)NCCCN1CCCCC1. The molecule has 2 aromatic carbocycles. The Morgan fingerprint density at radius 2 is 1.57 bits per heavy atom. The molecular formula is C23H28N2O3. The zero-order valence-electron chi connectivity index (χ0n) is 16.2. The number of rotatable bonds is 9. The molecule has 1 aliphatic heterocycles. The van der Waals surface area contributed by atoms with Crippen molar-refractivity contribution in [1.29, 1.82) is 0 Å². The van der Waals surface area contributed by atoms with Gasteiger partial charge in [-0.15, -0.1) is 0 Å². The van der Waals surface area contributed by atoms with E-state index in [1.807, 2.05) is 18.2 Å². The number of ether oxygens (including phenoxy) is 1. The summed E-state index contributed by atoms with van der Waals surface area (Å²) in [5.74, 6) is 0.426. The third-order valence-electron chi connectivity index (χ3n) is 4.94. The minimum Gasteiger partial charge on any atom is -0.484 e. The summed E-state index contributed by atoms with van der Waals surface area (Å²) >= 11 is 0. The van der Waals surface area contributed by atoms with E-state index in [-0.39, 0.29) is 18.3 Å². The first-order valence-corrected chi connectivity index (χ1v) is 10.0. The van der Waals surface area contributed by atoms with Crippen LogP contribution in [0.5, 0.6) is 5.75 Å². The molecule has 0 radical (unpaired) electrons. The highest BCUT2D eigenvalue weighted by Gasteiger charge is 2.10. The Bertz CT molecular complexity index is 753. The van der Waals surface area contributed by atoms with E-state index in [9.17, 15) is 9.59 Å². The standard InChI is InChI=1S/C23H28N2O3/c26-22(24-14-7-17-25-15-5-2-6-16-25)18-28-21-12-10-20(11-13-21)23(27)19-8-3-1-4-9-19/h1,3-4,8-13H,2,5-7,14-18H2,(H,24,26). The molecule has 0 aromatic heterocycles. The predicted molar refractivity (Wildman–Crippen MR) is 110 cm³/mol. The molecule has 0 atom stereocenters. The maximum atomic E-state index is 12.4. The molecule has 148 valence electrons. The van der Waals surface area contributed by atoms with Crippen molar-refractivity contribution >= 4 is 11.7 Å². The summed E-state index contributed by atoms with van der Waals surface area (Å²) < 4.78 is 5.52. The molecule has 1 fully saturated rings. The van der Waals surface area contributed by atoms with Crippen molar-refractivity contribution in [2.24, 2.45) is 0 Å². The third-order valence-corrected chi connectivity index (χ3v) is 4.94. The van der Waals surface area contributed by atoms with Crippen molar-refractivity contribution in [3.05, 3.63) is 65.7 Å². The minimum atomic E-state index is -0.122. The largest absolute Gasteiger partial charge is 0.484 e. The van der Waals surface area contributed by atoms with Gasteiger partial charge in [0.05, 0.1) is 0 Å². The summed E-state index contributed by atoms with van der Waals surface area (Å²) in [7, 11) is 0. The second-order valence-corrected chi connectivity index (χ2v) is 7.11. The van der Waals surface area contributed by atoms with Crippen molar-refractivity contribution in [3.8, 4) is 5.75 Å². The zero-order chi connectivity index (χ0) is 19.6. The van der Waals surface area contributed by atoms with Crippen LogP contribution in [0.2, 0.25) is 0 Å². The number of hydrogen-bond donors (Lipinski definition) is 1. The molecule has 5 nitrogen and oxygen atoms in total. The van der Waals surface area contributed by atoms with Crippen molar-refractivity contribution < 1.29 is 14.3 Å². The van der Waals surface area contributed by atoms with Crippen LogP contribution in [0.3, 0.4) is 0 Å². The monoisotopic (exact) mass is 380 g/mol. The highest BCUT2D eigenvalue weighted by Crippen LogP contribution is 2.15. The van der Waals surface area contributed by atoms with E-state index in [1.54, 1.807) is 36.4 Å². The lowest BCUT2D eigenvalue weighted by molar-refractivity contribution is -0.123. The van der Waals surface area contributed by atoms with E-state index < -0.39 is 0 Å². The number of benzene rings is 2. The summed E-state index contributed by atoms with van der Waals surface area (Å²) in [5, 5.41) is 2.90. The molecule has 5 heteroatoms. The van der Waals surface area contributed by atoms with Crippen molar-refractivity contribution in [2.75, 3.05) is 32.8 Å². The molecule has 3 rings (SSSR count). The summed E-state index contributed by atoms with van der Waals surface area (Å²) in [4.78, 5) is 26.8. The van der Waals surface area contributed by atoms with Gasteiger partial charge in [0, 0.05) is 17.7 Å². The van der Waals surface area contributed by atoms with Gasteiger partial charge in [-0.25, -0.2) is 0 Å². The molecule has 1 heterocycles. The van der Waals surface area contributed by atoms with E-state index in [0.717, 1.165) is 13.0 Å². The number of ketones is 1. The minimum absolute atomic E-state index is 0.0182. The molecule has 1 saturated heterocycles. The van der Waals surface area contributed by atoms with Gasteiger partial charge in [0.25, 0.3) is 5.91 Å². The van der Waals surface area contributed by atoms with E-state index in [2.05, 4.69) is 10.2 Å². The summed E-state index contributed by atoms with van der Waals surface area (Å²) in [6.45, 7) is 4.05. The molecule has 0 spiro atoms. The van der Waals surface area contributed by atoms with E-state index in [0.29, 0.717) is 23.4 Å². The number of nitrogens with one attached hydrogen (secondary N) is 1. The van der Waals surface area contributed by atoms with Gasteiger partial charge in [0.2, 0.25) is 0 Å². The average Bonchev–Trinajstić information content (AvgIpc) is 2.76. The van der Waals surface area contributed by atoms with Gasteiger partial charge < -0.3 is 15.0 Å². The van der Waals surface area contributed by atoms with Crippen LogP contribution >= 0.6 is 0 Å². The maximum Gasteiger partial charge on any atom is 0.257 e. The highest BCUT2D eigenvalue weighted by molar-refractivity contribution is 6.08. The molecule has 1 amide bonds. The van der Waals surface area contributed by atoms with Crippen LogP contribution < -0.4 is 10.1 Å². The molecule has 0 saturated carbocycles. The lowest BCUT2D eigenvalue weighted by atomic mass is 10.0. The number of amides is 1. The first-order valence-electron chi connectivity index (χ1n) is 10.0. The summed E-state index contributed by atoms with van der Waals surface area (Å²) in [6.07, 6.45) is 4.87. The fourth-order valence-corrected chi connectivity index (χ4v) is 3.37. The van der Waals surface area contributed by atoms with Gasteiger partial charge in [-0.1, -0.05) is 36.8 Å². The van der Waals surface area contributed by atoms with Crippen LogP contribution in [0.15, 0.2) is 54.6 Å². The summed E-state index contributed by atoms with van der Waals surface area (Å²) in [5.41, 5.74) is 1.25. The number of nitrogens with zero attached hydrogens (tertiary/aromatic N) is 1. The number of piperidine rings is 1. The number of carbonyl (C=O) groups is 2. The van der Waals surface area contributed by atoms with E-state index >= 15 is 0 Å². The quantitative estimate of drug-likeness (QED) is 0.536. The molecule has 0 aliphatic carbocycles. The van der Waals surface area contributed by atoms with Gasteiger partial charge >= 0.3 is 0 Å². The molecule has 0 unspecified atom stereocenters. The van der Waals surface area contributed by atoms with Crippen molar-refractivity contribution in [2.45, 2.75) is 25.7 Å². The Hall–Kier alpha value is -2.66. The normalized spacial score (nSPS) is 14.4. The van der Waals surface area contributed by atoms with Crippen molar-refractivity contribution in [3.63, 3.8) is 0 Å². The third kappa shape index (κ3) is 6.20. The van der Waals surface area contributed by atoms with Crippen LogP contribution in [-0.2, 0) is 4.79 Å². The van der Waals surface area contributed by atoms with Crippen LogP contribution in [0, 0.1) is 0 Å². The van der Waals surface area contributed by atoms with Crippen LogP contribution in [0.25, 0.3) is 0 Å². The zero-order valence-corrected chi connectivity index (χ0v) is 16.2. The number of carbonyl (C=O) groups excluding carboxylic acids is 2. The lowest BCUT2D eigenvalue weighted by Gasteiger charge is -2.26. The second-order valence-electron chi connectivity index (χ2n) is 7.11. The van der Waals surface area contributed by atoms with E-state index in [1.165, 1.54) is 32.4 Å². The molecule has 1 aliphatic rings. The first-order chi connectivity index (χ1) is 13.7. The number of likely N-dealkylation sites (tertiary alicyclic amines) is 1. The number of hydrogen-bond acceptors (Lipinski definition) is 4. The molecule has 1 N–H and O–H groups in total. The summed E-state index contributed by atoms with van der Waals surface area (Å²) in [6, 6.07) is 16.0. The first kappa shape index (κ1) is 20.1. The molecule has 28 heavy (non-hydrogen) atoms. The highest BCUT2D eigenvalue weighted by atomic mass is 16.5. The smallest absolute Gasteiger partial charge is 0.257 e. The Morgan fingerprint density at radius 3 is 2.29 bits per heavy atom. The Labute approximate surface area is 166 Å². The van der Waals surface area contributed by atoms with Gasteiger partial charge in [0.1, 0.15) is 5.75 Å². The van der Waals surface area contributed by atoms with Gasteiger partial charge in [-0.2, -0.15) is 0 Å². The molecule has 2 aromatic rings. The Balaban J connectivity index is 1.36. The van der Waals surface area contributed by atoms with Crippen LogP contribution in [0.4, 0.5) is 0 Å². The van der Waals surface area contributed by atoms with Gasteiger partial charge in [-0.05, 0) is 63.2 Å². The second kappa shape index (κ2) is 10.6. The lowest BCUT2D eigenvalue weighted by Crippen LogP contribution is -2.34. The average molecular weight is 380 g/mol. The Kier molecular flexibility index (Phi) is 7.62. The van der Waals surface area contributed by atoms with Gasteiger partial charge in [0.15, 0.2) is 12.4 Å². The Morgan fingerprint density at radius 1 is 0.893 bits per heavy atom. The van der Waals surface area contributed by atoms with Gasteiger partial charge in [-0.3, -0.25) is 9.59 Å². The van der Waals surface area contributed by atoms with Crippen LogP contribution in [-0.4, -0.2) is 49.4 Å². The molecule has 0 bridgehead atoms. The topological polar surface area (TPSA) is 58.6 Å². The van der Waals surface area contributed by atoms with Crippen LogP contribution in [0.1, 0.15) is 41.6 Å².